The zero-order valence-electron chi connectivity index (χ0n) is 12.5. The number of para-hydroxylation sites is 1. The smallest absolute Gasteiger partial charge is 0.427 e. The predicted molar refractivity (Wildman–Crippen MR) is 75.1 cm³/mol. The van der Waals surface area contributed by atoms with Crippen LogP contribution in [-0.4, -0.2) is 25.8 Å². The van der Waals surface area contributed by atoms with Crippen molar-refractivity contribution in [3.8, 4) is 5.75 Å². The van der Waals surface area contributed by atoms with Crippen LogP contribution < -0.4 is 4.89 Å². The summed E-state index contributed by atoms with van der Waals surface area (Å²) >= 11 is 0. The summed E-state index contributed by atoms with van der Waals surface area (Å²) in [6.45, 7) is 6.21. The predicted octanol–water partition coefficient (Wildman–Crippen LogP) is 2.80. The quantitative estimate of drug-likeness (QED) is 0.302. The number of carbonyl (C=O) groups excluding carboxylic acids is 1. The molecule has 1 aromatic carbocycles. The Kier molecular flexibility index (Phi) is 7.56. The van der Waals surface area contributed by atoms with Gasteiger partial charge in [-0.3, -0.25) is 4.89 Å². The van der Waals surface area contributed by atoms with Crippen LogP contribution in [0.25, 0.3) is 0 Å². The molecule has 1 aromatic rings. The molecule has 116 valence electrons. The van der Waals surface area contributed by atoms with Crippen molar-refractivity contribution in [2.75, 3.05) is 19.8 Å². The lowest BCUT2D eigenvalue weighted by atomic mass is 10.3. The highest BCUT2D eigenvalue weighted by molar-refractivity contribution is 5.86. The van der Waals surface area contributed by atoms with E-state index in [9.17, 15) is 4.79 Å². The normalized spacial score (nSPS) is 9.48. The van der Waals surface area contributed by atoms with E-state index in [0.29, 0.717) is 19.0 Å². The van der Waals surface area contributed by atoms with E-state index in [1.54, 1.807) is 45.0 Å². The number of carbonyl (C=O) groups is 1. The van der Waals surface area contributed by atoms with Crippen LogP contribution in [0.5, 0.6) is 5.75 Å². The van der Waals surface area contributed by atoms with Gasteiger partial charge in [0.05, 0.1) is 19.8 Å². The Bertz CT molecular complexity index is 446. The zero-order chi connectivity index (χ0) is 15.5. The Hall–Kier alpha value is -2.37. The van der Waals surface area contributed by atoms with Gasteiger partial charge in [0.1, 0.15) is 0 Å². The summed E-state index contributed by atoms with van der Waals surface area (Å²) in [5, 5.41) is 0. The molecule has 0 atom stereocenters. The second-order valence-electron chi connectivity index (χ2n) is 3.68. The molecule has 0 bridgehead atoms. The first-order valence-corrected chi connectivity index (χ1v) is 6.79. The minimum absolute atomic E-state index is 0.0106. The van der Waals surface area contributed by atoms with E-state index < -0.39 is 5.97 Å². The van der Waals surface area contributed by atoms with Crippen molar-refractivity contribution in [2.24, 2.45) is 0 Å². The average Bonchev–Trinajstić information content (AvgIpc) is 2.51. The van der Waals surface area contributed by atoms with E-state index in [1.807, 2.05) is 6.07 Å². The van der Waals surface area contributed by atoms with Gasteiger partial charge in [-0.2, -0.15) is 0 Å². The zero-order valence-corrected chi connectivity index (χ0v) is 12.5. The molecule has 0 fully saturated rings. The van der Waals surface area contributed by atoms with Crippen LogP contribution in [0, 0.1) is 0 Å². The van der Waals surface area contributed by atoms with E-state index in [4.69, 9.17) is 24.0 Å². The highest BCUT2D eigenvalue weighted by atomic mass is 17.2. The van der Waals surface area contributed by atoms with Gasteiger partial charge >= 0.3 is 11.9 Å². The van der Waals surface area contributed by atoms with E-state index in [1.165, 1.54) is 0 Å². The van der Waals surface area contributed by atoms with Gasteiger partial charge in [-0.15, -0.1) is 0 Å². The number of rotatable bonds is 9. The lowest BCUT2D eigenvalue weighted by Gasteiger charge is -2.14. The van der Waals surface area contributed by atoms with Crippen LogP contribution in [0.1, 0.15) is 20.8 Å². The summed E-state index contributed by atoms with van der Waals surface area (Å²) < 4.78 is 15.7. The molecule has 0 N–H and O–H groups in total. The number of benzene rings is 1. The molecule has 0 heterocycles. The minimum atomic E-state index is -0.822. The van der Waals surface area contributed by atoms with Crippen LogP contribution in [0.2, 0.25) is 0 Å². The highest BCUT2D eigenvalue weighted by Crippen LogP contribution is 2.14. The number of hydrogen-bond donors (Lipinski definition) is 0. The second kappa shape index (κ2) is 9.52. The Labute approximate surface area is 124 Å². The Morgan fingerprint density at radius 2 is 1.48 bits per heavy atom. The van der Waals surface area contributed by atoms with E-state index in [2.05, 4.69) is 0 Å². The molecule has 0 amide bonds. The fourth-order valence-corrected chi connectivity index (χ4v) is 1.38. The van der Waals surface area contributed by atoms with Crippen LogP contribution in [0.15, 0.2) is 42.0 Å². The molecule has 0 saturated carbocycles. The van der Waals surface area contributed by atoms with Gasteiger partial charge in [0.25, 0.3) is 5.76 Å². The molecule has 1 rings (SSSR count). The molecule has 0 unspecified atom stereocenters. The maximum absolute atomic E-state index is 12.0. The van der Waals surface area contributed by atoms with Gasteiger partial charge in [0.15, 0.2) is 5.75 Å². The largest absolute Gasteiger partial charge is 0.482 e. The molecule has 0 aliphatic carbocycles. The summed E-state index contributed by atoms with van der Waals surface area (Å²) in [5.74, 6) is -0.589. The maximum atomic E-state index is 12.0. The summed E-state index contributed by atoms with van der Waals surface area (Å²) in [4.78, 5) is 21.7. The van der Waals surface area contributed by atoms with Crippen molar-refractivity contribution in [3.63, 3.8) is 0 Å². The molecule has 0 aliphatic rings. The molecule has 0 saturated heterocycles. The lowest BCUT2D eigenvalue weighted by molar-refractivity contribution is -0.213. The molecule has 0 radical (unpaired) electrons. The molecular weight excluding hydrogens is 276 g/mol. The van der Waals surface area contributed by atoms with Gasteiger partial charge in [0.2, 0.25) is 0 Å². The van der Waals surface area contributed by atoms with E-state index in [-0.39, 0.29) is 18.3 Å². The van der Waals surface area contributed by atoms with Crippen LogP contribution >= 0.6 is 0 Å². The molecular formula is C15H20O6. The summed E-state index contributed by atoms with van der Waals surface area (Å²) in [7, 11) is 0. The molecule has 0 spiro atoms. The van der Waals surface area contributed by atoms with E-state index >= 15 is 0 Å². The molecule has 21 heavy (non-hydrogen) atoms. The van der Waals surface area contributed by atoms with E-state index in [0.717, 1.165) is 0 Å². The SMILES string of the molecule is CCOC(OCC)=C(OCC)C(=O)OOc1ccccc1. The summed E-state index contributed by atoms with van der Waals surface area (Å²) in [6, 6.07) is 8.65. The van der Waals surface area contributed by atoms with Crippen LogP contribution in [0.3, 0.4) is 0 Å². The molecule has 0 aromatic heterocycles. The Morgan fingerprint density at radius 1 is 0.905 bits per heavy atom. The first kappa shape index (κ1) is 16.7. The Balaban J connectivity index is 2.77. The van der Waals surface area contributed by atoms with Gasteiger partial charge < -0.3 is 14.2 Å². The molecule has 0 aliphatic heterocycles. The fourth-order valence-electron chi connectivity index (χ4n) is 1.38. The van der Waals surface area contributed by atoms with Crippen molar-refractivity contribution >= 4 is 5.97 Å². The number of hydrogen-bond acceptors (Lipinski definition) is 6. The average molecular weight is 296 g/mol. The van der Waals surface area contributed by atoms with Crippen molar-refractivity contribution < 1.29 is 28.8 Å². The van der Waals surface area contributed by atoms with Crippen LogP contribution in [0.4, 0.5) is 0 Å². The third-order valence-electron chi connectivity index (χ3n) is 2.17. The van der Waals surface area contributed by atoms with Gasteiger partial charge in [-0.05, 0) is 32.9 Å². The third kappa shape index (κ3) is 5.64. The number of ether oxygens (including phenoxy) is 3. The summed E-state index contributed by atoms with van der Waals surface area (Å²) in [6.07, 6.45) is 0. The summed E-state index contributed by atoms with van der Waals surface area (Å²) in [5.41, 5.74) is 0. The molecule has 6 nitrogen and oxygen atoms in total. The second-order valence-corrected chi connectivity index (χ2v) is 3.68. The molecule has 6 heteroatoms. The van der Waals surface area contributed by atoms with Crippen molar-refractivity contribution in [1.82, 2.24) is 0 Å². The minimum Gasteiger partial charge on any atom is -0.482 e. The third-order valence-corrected chi connectivity index (χ3v) is 2.17. The fraction of sp³-hybridized carbons (Fsp3) is 0.400. The highest BCUT2D eigenvalue weighted by Gasteiger charge is 2.24. The van der Waals surface area contributed by atoms with Crippen LogP contribution in [-0.2, 0) is 23.9 Å². The van der Waals surface area contributed by atoms with Gasteiger partial charge in [0, 0.05) is 0 Å². The first-order chi connectivity index (χ1) is 10.2. The van der Waals surface area contributed by atoms with Crippen molar-refractivity contribution in [3.05, 3.63) is 42.0 Å². The van der Waals surface area contributed by atoms with Crippen molar-refractivity contribution in [1.29, 1.82) is 0 Å². The standard InChI is InChI=1S/C15H20O6/c1-4-17-13(15(18-5-2)19-6-3)14(16)21-20-12-10-8-7-9-11-12/h7-11H,4-6H2,1-3H3. The van der Waals surface area contributed by atoms with Crippen molar-refractivity contribution in [2.45, 2.75) is 20.8 Å². The maximum Gasteiger partial charge on any atom is 0.427 e. The Morgan fingerprint density at radius 3 is 2.00 bits per heavy atom. The first-order valence-electron chi connectivity index (χ1n) is 6.79. The van der Waals surface area contributed by atoms with Gasteiger partial charge in [-0.25, -0.2) is 9.68 Å². The topological polar surface area (TPSA) is 63.2 Å². The lowest BCUT2D eigenvalue weighted by Crippen LogP contribution is -2.17. The monoisotopic (exact) mass is 296 g/mol. The van der Waals surface area contributed by atoms with Gasteiger partial charge in [-0.1, -0.05) is 18.2 Å².